The Morgan fingerprint density at radius 3 is 2.51 bits per heavy atom. The fourth-order valence-electron chi connectivity index (χ4n) is 5.39. The van der Waals surface area contributed by atoms with Crippen LogP contribution >= 0.6 is 0 Å². The number of hydrogen-bond acceptors (Lipinski definition) is 6. The van der Waals surface area contributed by atoms with Gasteiger partial charge in [0, 0.05) is 30.3 Å². The number of benzene rings is 2. The van der Waals surface area contributed by atoms with Gasteiger partial charge in [0.2, 0.25) is 17.6 Å². The Labute approximate surface area is 218 Å². The van der Waals surface area contributed by atoms with Gasteiger partial charge >= 0.3 is 0 Å². The summed E-state index contributed by atoms with van der Waals surface area (Å²) in [6.07, 6.45) is 4.15. The van der Waals surface area contributed by atoms with Crippen molar-refractivity contribution >= 4 is 11.6 Å². The molecule has 1 aromatic heterocycles. The normalized spacial score (nSPS) is 20.1. The van der Waals surface area contributed by atoms with Crippen LogP contribution in [-0.4, -0.2) is 47.1 Å². The third kappa shape index (κ3) is 6.36. The lowest BCUT2D eigenvalue weighted by atomic mass is 9.95. The molecule has 1 N–H and O–H groups in total. The molecule has 0 aliphatic carbocycles. The molecule has 2 saturated heterocycles. The first-order valence-corrected chi connectivity index (χ1v) is 13.4. The van der Waals surface area contributed by atoms with Crippen LogP contribution in [-0.2, 0) is 11.3 Å². The number of nitrogens with zero attached hydrogens (tertiary/aromatic N) is 4. The van der Waals surface area contributed by atoms with E-state index in [1.54, 1.807) is 12.1 Å². The van der Waals surface area contributed by atoms with E-state index in [1.807, 2.05) is 0 Å². The minimum Gasteiger partial charge on any atom is -0.371 e. The van der Waals surface area contributed by atoms with Gasteiger partial charge in [0.25, 0.3) is 0 Å². The first kappa shape index (κ1) is 25.4. The lowest BCUT2D eigenvalue weighted by Crippen LogP contribution is -2.41. The van der Waals surface area contributed by atoms with Crippen molar-refractivity contribution in [2.45, 2.75) is 52.1 Å². The van der Waals surface area contributed by atoms with Crippen LogP contribution in [0.15, 0.2) is 53.1 Å². The lowest BCUT2D eigenvalue weighted by molar-refractivity contribution is -0.127. The number of nitrogens with one attached hydrogen (secondary N) is 1. The van der Waals surface area contributed by atoms with Crippen LogP contribution < -0.4 is 10.2 Å². The summed E-state index contributed by atoms with van der Waals surface area (Å²) in [5, 5.41) is 7.24. The van der Waals surface area contributed by atoms with Crippen LogP contribution in [0.25, 0.3) is 11.4 Å². The molecule has 0 saturated carbocycles. The molecule has 2 aliphatic heterocycles. The van der Waals surface area contributed by atoms with Crippen LogP contribution in [0.3, 0.4) is 0 Å². The Bertz CT molecular complexity index is 1170. The molecule has 2 atom stereocenters. The van der Waals surface area contributed by atoms with E-state index in [9.17, 15) is 9.18 Å². The molecule has 0 bridgehead atoms. The second-order valence-corrected chi connectivity index (χ2v) is 10.6. The number of likely N-dealkylation sites (tertiary alicyclic amines) is 1. The maximum Gasteiger partial charge on any atom is 0.241 e. The van der Waals surface area contributed by atoms with Gasteiger partial charge in [-0.2, -0.15) is 4.98 Å². The molecule has 2 fully saturated rings. The fraction of sp³-hybridized carbons (Fsp3) is 0.483. The largest absolute Gasteiger partial charge is 0.371 e. The molecule has 0 spiro atoms. The number of halogens is 1. The van der Waals surface area contributed by atoms with Crippen LogP contribution in [0.5, 0.6) is 0 Å². The van der Waals surface area contributed by atoms with E-state index in [0.717, 1.165) is 56.1 Å². The summed E-state index contributed by atoms with van der Waals surface area (Å²) in [5.41, 5.74) is 3.12. The Kier molecular flexibility index (Phi) is 7.84. The van der Waals surface area contributed by atoms with Gasteiger partial charge in [0.1, 0.15) is 5.82 Å². The highest BCUT2D eigenvalue weighted by Gasteiger charge is 2.27. The van der Waals surface area contributed by atoms with Gasteiger partial charge in [-0.15, -0.1) is 0 Å². The summed E-state index contributed by atoms with van der Waals surface area (Å²) in [6.45, 7) is 8.75. The molecule has 196 valence electrons. The minimum absolute atomic E-state index is 0.00488. The first-order chi connectivity index (χ1) is 17.9. The Balaban J connectivity index is 1.08. The van der Waals surface area contributed by atoms with E-state index in [-0.39, 0.29) is 23.7 Å². The highest BCUT2D eigenvalue weighted by Crippen LogP contribution is 2.26. The lowest BCUT2D eigenvalue weighted by Gasteiger charge is -2.33. The van der Waals surface area contributed by atoms with Crippen molar-refractivity contribution in [3.63, 3.8) is 0 Å². The van der Waals surface area contributed by atoms with Crippen molar-refractivity contribution in [1.29, 1.82) is 0 Å². The molecule has 2 unspecified atom stereocenters. The van der Waals surface area contributed by atoms with Gasteiger partial charge in [-0.05, 0) is 93.6 Å². The summed E-state index contributed by atoms with van der Waals surface area (Å²) in [7, 11) is 0. The zero-order valence-electron chi connectivity index (χ0n) is 21.7. The van der Waals surface area contributed by atoms with Gasteiger partial charge in [0.05, 0.1) is 12.6 Å². The molecular formula is C29H36FN5O2. The maximum absolute atomic E-state index is 13.1. The van der Waals surface area contributed by atoms with Gasteiger partial charge in [-0.1, -0.05) is 24.2 Å². The number of anilines is 1. The van der Waals surface area contributed by atoms with E-state index in [0.29, 0.717) is 18.3 Å². The fourth-order valence-corrected chi connectivity index (χ4v) is 5.39. The van der Waals surface area contributed by atoms with Crippen LogP contribution in [0.1, 0.15) is 57.0 Å². The van der Waals surface area contributed by atoms with Crippen LogP contribution in [0.4, 0.5) is 10.1 Å². The van der Waals surface area contributed by atoms with Gasteiger partial charge in [-0.25, -0.2) is 4.39 Å². The summed E-state index contributed by atoms with van der Waals surface area (Å²) in [4.78, 5) is 22.1. The number of rotatable bonds is 7. The van der Waals surface area contributed by atoms with Crippen molar-refractivity contribution in [1.82, 2.24) is 20.4 Å². The highest BCUT2D eigenvalue weighted by atomic mass is 19.1. The van der Waals surface area contributed by atoms with E-state index < -0.39 is 0 Å². The number of hydrogen-bond donors (Lipinski definition) is 1. The van der Waals surface area contributed by atoms with E-state index in [1.165, 1.54) is 30.7 Å². The SMILES string of the molecule is CC1CCCN(c2ccc(C(C)NC(=O)C3CCN(Cc4nc(-c5ccc(F)cc5)no4)CC3)cc2)C1. The van der Waals surface area contributed by atoms with E-state index in [2.05, 4.69) is 63.4 Å². The topological polar surface area (TPSA) is 74.5 Å². The minimum atomic E-state index is -0.297. The molecule has 37 heavy (non-hydrogen) atoms. The van der Waals surface area contributed by atoms with Gasteiger partial charge in [-0.3, -0.25) is 9.69 Å². The number of carbonyl (C=O) groups is 1. The Morgan fingerprint density at radius 2 is 1.81 bits per heavy atom. The average molecular weight is 506 g/mol. The second-order valence-electron chi connectivity index (χ2n) is 10.6. The molecular weight excluding hydrogens is 469 g/mol. The zero-order chi connectivity index (χ0) is 25.8. The van der Waals surface area contributed by atoms with Crippen LogP contribution in [0, 0.1) is 17.7 Å². The summed E-state index contributed by atoms with van der Waals surface area (Å²) in [6, 6.07) is 14.7. The maximum atomic E-state index is 13.1. The monoisotopic (exact) mass is 505 g/mol. The third-order valence-corrected chi connectivity index (χ3v) is 7.66. The van der Waals surface area contributed by atoms with Crippen molar-refractivity contribution in [3.8, 4) is 11.4 Å². The van der Waals surface area contributed by atoms with Crippen molar-refractivity contribution in [2.75, 3.05) is 31.1 Å². The molecule has 7 nitrogen and oxygen atoms in total. The summed E-state index contributed by atoms with van der Waals surface area (Å²) < 4.78 is 18.6. The van der Waals surface area contributed by atoms with Gasteiger partial charge in [0.15, 0.2) is 0 Å². The zero-order valence-corrected chi connectivity index (χ0v) is 21.7. The number of piperidine rings is 2. The molecule has 3 aromatic rings. The Hall–Kier alpha value is -3.26. The van der Waals surface area contributed by atoms with Gasteiger partial charge < -0.3 is 14.7 Å². The molecule has 1 amide bonds. The Morgan fingerprint density at radius 1 is 1.08 bits per heavy atom. The molecule has 3 heterocycles. The summed E-state index contributed by atoms with van der Waals surface area (Å²) in [5.74, 6) is 1.55. The van der Waals surface area contributed by atoms with Crippen LogP contribution in [0.2, 0.25) is 0 Å². The highest BCUT2D eigenvalue weighted by molar-refractivity contribution is 5.79. The molecule has 2 aliphatic rings. The number of amides is 1. The van der Waals surface area contributed by atoms with E-state index >= 15 is 0 Å². The first-order valence-electron chi connectivity index (χ1n) is 13.4. The second kappa shape index (κ2) is 11.4. The average Bonchev–Trinajstić information content (AvgIpc) is 3.38. The van der Waals surface area contributed by atoms with Crippen molar-refractivity contribution in [3.05, 3.63) is 65.8 Å². The standard InChI is InChI=1S/C29H36FN5O2/c1-20-4-3-15-35(18-20)26-11-7-22(8-12-26)21(2)31-29(36)24-13-16-34(17-14-24)19-27-32-28(33-37-27)23-5-9-25(30)10-6-23/h5-12,20-21,24H,3-4,13-19H2,1-2H3,(H,31,36). The molecule has 8 heteroatoms. The van der Waals surface area contributed by atoms with Crippen molar-refractivity contribution in [2.24, 2.45) is 11.8 Å². The predicted octanol–water partition coefficient (Wildman–Crippen LogP) is 5.20. The smallest absolute Gasteiger partial charge is 0.241 e. The third-order valence-electron chi connectivity index (χ3n) is 7.66. The number of carbonyl (C=O) groups excluding carboxylic acids is 1. The molecule has 5 rings (SSSR count). The van der Waals surface area contributed by atoms with E-state index in [4.69, 9.17) is 4.52 Å². The quantitative estimate of drug-likeness (QED) is 0.476. The molecule has 0 radical (unpaired) electrons. The molecule has 2 aromatic carbocycles. The predicted molar refractivity (Wildman–Crippen MR) is 141 cm³/mol. The number of aromatic nitrogens is 2. The summed E-state index contributed by atoms with van der Waals surface area (Å²) >= 11 is 0. The van der Waals surface area contributed by atoms with Crippen molar-refractivity contribution < 1.29 is 13.7 Å².